The lowest BCUT2D eigenvalue weighted by Crippen LogP contribution is -2.48. The summed E-state index contributed by atoms with van der Waals surface area (Å²) in [6.45, 7) is 9.03. The number of ketones is 1. The Hall–Kier alpha value is -1.85. The zero-order chi connectivity index (χ0) is 17.8. The SMILES string of the molecule is CC/C(C)=C(\C(=O)OC)C(=O)C1CC(NC(=O)OC(C)(C)C)C1. The number of carbonyl (C=O) groups excluding carboxylic acids is 3. The highest BCUT2D eigenvalue weighted by molar-refractivity contribution is 6.18. The third kappa shape index (κ3) is 5.37. The fourth-order valence-corrected chi connectivity index (χ4v) is 2.39. The molecule has 1 aliphatic carbocycles. The number of ether oxygens (including phenoxy) is 2. The molecule has 6 heteroatoms. The molecule has 0 spiro atoms. The maximum atomic E-state index is 12.5. The minimum Gasteiger partial charge on any atom is -0.465 e. The lowest BCUT2D eigenvalue weighted by molar-refractivity contribution is -0.139. The Morgan fingerprint density at radius 2 is 1.74 bits per heavy atom. The smallest absolute Gasteiger partial charge is 0.407 e. The second-order valence-electron chi connectivity index (χ2n) is 6.88. The summed E-state index contributed by atoms with van der Waals surface area (Å²) >= 11 is 0. The number of alkyl carbamates (subject to hydrolysis) is 1. The zero-order valence-corrected chi connectivity index (χ0v) is 14.8. The minimum absolute atomic E-state index is 0.0976. The topological polar surface area (TPSA) is 81.7 Å². The van der Waals surface area contributed by atoms with Crippen LogP contribution in [0.1, 0.15) is 53.9 Å². The van der Waals surface area contributed by atoms with Crippen molar-refractivity contribution in [2.45, 2.75) is 65.5 Å². The Morgan fingerprint density at radius 1 is 1.17 bits per heavy atom. The lowest BCUT2D eigenvalue weighted by atomic mass is 9.75. The molecule has 0 aromatic carbocycles. The number of hydrogen-bond acceptors (Lipinski definition) is 5. The van der Waals surface area contributed by atoms with Gasteiger partial charge in [0.25, 0.3) is 0 Å². The molecule has 0 heterocycles. The van der Waals surface area contributed by atoms with Crippen LogP contribution in [0.2, 0.25) is 0 Å². The average Bonchev–Trinajstić information content (AvgIpc) is 2.39. The van der Waals surface area contributed by atoms with E-state index in [1.165, 1.54) is 7.11 Å². The largest absolute Gasteiger partial charge is 0.465 e. The highest BCUT2D eigenvalue weighted by Gasteiger charge is 2.39. The number of rotatable bonds is 5. The van der Waals surface area contributed by atoms with Gasteiger partial charge in [0.15, 0.2) is 5.78 Å². The summed E-state index contributed by atoms with van der Waals surface area (Å²) in [6, 6.07) is -0.0976. The standard InChI is InChI=1S/C17H27NO5/c1-7-10(2)13(15(20)22-6)14(19)11-8-12(9-11)18-16(21)23-17(3,4)5/h11-12H,7-9H2,1-6H3,(H,18,21)/b13-10-. The van der Waals surface area contributed by atoms with E-state index in [4.69, 9.17) is 9.47 Å². The molecule has 23 heavy (non-hydrogen) atoms. The van der Waals surface area contributed by atoms with Crippen LogP contribution in [0.3, 0.4) is 0 Å². The summed E-state index contributed by atoms with van der Waals surface area (Å²) in [5.74, 6) is -1.04. The van der Waals surface area contributed by atoms with E-state index in [0.717, 1.165) is 5.57 Å². The van der Waals surface area contributed by atoms with Crippen LogP contribution in [0.5, 0.6) is 0 Å². The van der Waals surface area contributed by atoms with E-state index in [2.05, 4.69) is 5.32 Å². The fraction of sp³-hybridized carbons (Fsp3) is 0.706. The molecule has 1 saturated carbocycles. The summed E-state index contributed by atoms with van der Waals surface area (Å²) in [5, 5.41) is 2.74. The molecule has 1 aliphatic rings. The number of esters is 1. The summed E-state index contributed by atoms with van der Waals surface area (Å²) < 4.78 is 9.89. The normalized spacial score (nSPS) is 21.7. The van der Waals surface area contributed by atoms with E-state index < -0.39 is 17.7 Å². The molecule has 1 fully saturated rings. The minimum atomic E-state index is -0.585. The fourth-order valence-electron chi connectivity index (χ4n) is 2.39. The molecule has 0 aromatic heterocycles. The first-order valence-electron chi connectivity index (χ1n) is 7.90. The molecule has 0 aromatic rings. The van der Waals surface area contributed by atoms with Crippen LogP contribution in [0, 0.1) is 5.92 Å². The Labute approximate surface area is 137 Å². The number of allylic oxidation sites excluding steroid dienone is 1. The Morgan fingerprint density at radius 3 is 2.17 bits per heavy atom. The van der Waals surface area contributed by atoms with Crippen LogP contribution in [-0.4, -0.2) is 36.6 Å². The van der Waals surface area contributed by atoms with Gasteiger partial charge in [0.05, 0.1) is 7.11 Å². The molecular weight excluding hydrogens is 298 g/mol. The first kappa shape index (κ1) is 19.2. The number of carbonyl (C=O) groups is 3. The first-order valence-corrected chi connectivity index (χ1v) is 7.90. The first-order chi connectivity index (χ1) is 10.6. The van der Waals surface area contributed by atoms with Gasteiger partial charge in [-0.3, -0.25) is 4.79 Å². The van der Waals surface area contributed by atoms with Crippen LogP contribution in [-0.2, 0) is 19.1 Å². The van der Waals surface area contributed by atoms with Crippen molar-refractivity contribution in [1.82, 2.24) is 5.32 Å². The molecular formula is C17H27NO5. The Kier molecular flexibility index (Phi) is 6.36. The second-order valence-corrected chi connectivity index (χ2v) is 6.88. The predicted octanol–water partition coefficient (Wildman–Crippen LogP) is 2.76. The number of Topliss-reactive ketones (excluding diaryl/α,β-unsaturated/α-hetero) is 1. The van der Waals surface area contributed by atoms with Gasteiger partial charge in [0.2, 0.25) is 0 Å². The van der Waals surface area contributed by atoms with Crippen molar-refractivity contribution in [2.24, 2.45) is 5.92 Å². The molecule has 1 N–H and O–H groups in total. The van der Waals surface area contributed by atoms with Gasteiger partial charge in [0.1, 0.15) is 11.2 Å². The highest BCUT2D eigenvalue weighted by Crippen LogP contribution is 2.32. The Balaban J connectivity index is 2.60. The molecule has 1 rings (SSSR count). The van der Waals surface area contributed by atoms with Crippen molar-refractivity contribution in [3.8, 4) is 0 Å². The summed E-state index contributed by atoms with van der Waals surface area (Å²) in [5.41, 5.74) is 0.323. The van der Waals surface area contributed by atoms with Crippen molar-refractivity contribution in [3.63, 3.8) is 0 Å². The third-order valence-corrected chi connectivity index (χ3v) is 3.82. The number of amides is 1. The van der Waals surface area contributed by atoms with Crippen LogP contribution in [0.4, 0.5) is 4.79 Å². The van der Waals surface area contributed by atoms with Crippen LogP contribution < -0.4 is 5.32 Å². The third-order valence-electron chi connectivity index (χ3n) is 3.82. The van der Waals surface area contributed by atoms with E-state index in [9.17, 15) is 14.4 Å². The summed E-state index contributed by atoms with van der Waals surface area (Å²) in [4.78, 5) is 36.0. The van der Waals surface area contributed by atoms with Gasteiger partial charge < -0.3 is 14.8 Å². The highest BCUT2D eigenvalue weighted by atomic mass is 16.6. The van der Waals surface area contributed by atoms with Crippen LogP contribution >= 0.6 is 0 Å². The molecule has 1 amide bonds. The van der Waals surface area contributed by atoms with Crippen molar-refractivity contribution in [1.29, 1.82) is 0 Å². The van der Waals surface area contributed by atoms with Crippen LogP contribution in [0.15, 0.2) is 11.1 Å². The molecule has 0 radical (unpaired) electrons. The maximum Gasteiger partial charge on any atom is 0.407 e. The van der Waals surface area contributed by atoms with Crippen molar-refractivity contribution >= 4 is 17.8 Å². The van der Waals surface area contributed by atoms with Crippen LogP contribution in [0.25, 0.3) is 0 Å². The lowest BCUT2D eigenvalue weighted by Gasteiger charge is -2.35. The van der Waals surface area contributed by atoms with E-state index in [1.54, 1.807) is 27.7 Å². The predicted molar refractivity (Wildman–Crippen MR) is 85.9 cm³/mol. The average molecular weight is 325 g/mol. The van der Waals surface area contributed by atoms with Gasteiger partial charge in [-0.25, -0.2) is 9.59 Å². The van der Waals surface area contributed by atoms with Crippen molar-refractivity contribution in [2.75, 3.05) is 7.11 Å². The number of hydrogen-bond donors (Lipinski definition) is 1. The molecule has 0 unspecified atom stereocenters. The van der Waals surface area contributed by atoms with E-state index >= 15 is 0 Å². The van der Waals surface area contributed by atoms with Gasteiger partial charge in [-0.15, -0.1) is 0 Å². The molecule has 130 valence electrons. The van der Waals surface area contributed by atoms with Crippen molar-refractivity contribution in [3.05, 3.63) is 11.1 Å². The van der Waals surface area contributed by atoms with Gasteiger partial charge >= 0.3 is 12.1 Å². The summed E-state index contributed by atoms with van der Waals surface area (Å²) in [6.07, 6.45) is 1.15. The number of methoxy groups -OCH3 is 1. The second kappa shape index (κ2) is 7.62. The van der Waals surface area contributed by atoms with Gasteiger partial charge in [-0.2, -0.15) is 0 Å². The van der Waals surface area contributed by atoms with E-state index in [-0.39, 0.29) is 23.3 Å². The molecule has 0 bridgehead atoms. The quantitative estimate of drug-likeness (QED) is 0.364. The van der Waals surface area contributed by atoms with Gasteiger partial charge in [0, 0.05) is 12.0 Å². The van der Waals surface area contributed by atoms with E-state index in [0.29, 0.717) is 19.3 Å². The molecule has 6 nitrogen and oxygen atoms in total. The van der Waals surface area contributed by atoms with Crippen molar-refractivity contribution < 1.29 is 23.9 Å². The monoisotopic (exact) mass is 325 g/mol. The summed E-state index contributed by atoms with van der Waals surface area (Å²) in [7, 11) is 1.27. The zero-order valence-electron chi connectivity index (χ0n) is 14.8. The molecule has 0 saturated heterocycles. The molecule has 0 aliphatic heterocycles. The van der Waals surface area contributed by atoms with Gasteiger partial charge in [-0.1, -0.05) is 12.5 Å². The van der Waals surface area contributed by atoms with Gasteiger partial charge in [-0.05, 0) is 47.0 Å². The molecule has 0 atom stereocenters. The van der Waals surface area contributed by atoms with E-state index in [1.807, 2.05) is 6.92 Å². The maximum absolute atomic E-state index is 12.5. The Bertz CT molecular complexity index is 510. The number of nitrogens with one attached hydrogen (secondary N) is 1.